The van der Waals surface area contributed by atoms with E-state index in [9.17, 15) is 15.8 Å². The van der Waals surface area contributed by atoms with E-state index in [-0.39, 0.29) is 17.9 Å². The molecule has 4 unspecified atom stereocenters. The van der Waals surface area contributed by atoms with Gasteiger partial charge in [-0.1, -0.05) is 97.1 Å². The molecule has 0 N–H and O–H groups in total. The van der Waals surface area contributed by atoms with Crippen LogP contribution < -0.4 is 4.90 Å². The summed E-state index contributed by atoms with van der Waals surface area (Å²) in [4.78, 5) is 2.45. The summed E-state index contributed by atoms with van der Waals surface area (Å²) in [7, 11) is 0. The highest BCUT2D eigenvalue weighted by Gasteiger charge is 2.58. The van der Waals surface area contributed by atoms with E-state index in [4.69, 9.17) is 0 Å². The number of hydrogen-bond acceptors (Lipinski definition) is 4. The topological polar surface area (TPSA) is 79.5 Å². The van der Waals surface area contributed by atoms with Crippen molar-refractivity contribution in [1.82, 2.24) is 4.57 Å². The second kappa shape index (κ2) is 11.3. The molecule has 5 heteroatoms. The van der Waals surface area contributed by atoms with Gasteiger partial charge in [-0.05, 0) is 89.6 Å². The van der Waals surface area contributed by atoms with E-state index < -0.39 is 5.41 Å². The molecule has 5 aromatic carbocycles. The fourth-order valence-corrected chi connectivity index (χ4v) is 9.14. The normalized spacial score (nSPS) is 22.3. The number of hydrogen-bond donors (Lipinski definition) is 0. The van der Waals surface area contributed by atoms with Gasteiger partial charge in [0.15, 0.2) is 0 Å². The molecule has 4 atom stereocenters. The molecule has 3 aliphatic carbocycles. The van der Waals surface area contributed by atoms with E-state index in [1.165, 1.54) is 11.3 Å². The Labute approximate surface area is 302 Å². The maximum Gasteiger partial charge on any atom is 0.0998 e. The summed E-state index contributed by atoms with van der Waals surface area (Å²) in [6.45, 7) is 0. The Morgan fingerprint density at radius 2 is 1.46 bits per heavy atom. The second-order valence-electron chi connectivity index (χ2n) is 14.2. The molecule has 1 aliphatic heterocycles. The lowest BCUT2D eigenvalue weighted by atomic mass is 9.86. The van der Waals surface area contributed by atoms with Gasteiger partial charge in [-0.25, -0.2) is 0 Å². The largest absolute Gasteiger partial charge is 0.333 e. The number of nitriles is 3. The first kappa shape index (κ1) is 30.0. The van der Waals surface area contributed by atoms with E-state index in [2.05, 4.69) is 137 Å². The van der Waals surface area contributed by atoms with Crippen molar-refractivity contribution in [2.24, 2.45) is 11.3 Å². The SMILES string of the molecule is N#Cc1ccc2c(c1)c1ccccc1n2-c1ccc(C2=CC=C(c3ccccc3N3c4ccccc4C4C=CC=CC43)C3(C#N)CC3C2)c(C#N)c1. The van der Waals surface area contributed by atoms with Crippen LogP contribution >= 0.6 is 0 Å². The maximum absolute atomic E-state index is 10.8. The van der Waals surface area contributed by atoms with Crippen LogP contribution in [0.25, 0.3) is 38.6 Å². The van der Waals surface area contributed by atoms with E-state index in [1.54, 1.807) is 0 Å². The van der Waals surface area contributed by atoms with Crippen LogP contribution in [0.15, 0.2) is 146 Å². The van der Waals surface area contributed by atoms with Crippen LogP contribution in [-0.2, 0) is 0 Å². The average Bonchev–Trinajstić information content (AvgIpc) is 3.72. The van der Waals surface area contributed by atoms with Gasteiger partial charge in [0.1, 0.15) is 0 Å². The average molecular weight is 666 g/mol. The standard InChI is InChI=1S/C47H31N5/c48-27-30-17-22-46-40(23-30)38-11-3-5-13-42(38)51(46)34-19-20-35(32(25-34)28-49)31-18-21-41(47(29-50)26-33(47)24-31)39-12-4-8-16-45(39)52-43-14-6-1-9-36(43)37-10-2-7-15-44(37)52/h1-23,25,33,36,43H,24,26H2. The van der Waals surface area contributed by atoms with Gasteiger partial charge in [0.2, 0.25) is 0 Å². The van der Waals surface area contributed by atoms with Crippen molar-refractivity contribution >= 4 is 44.3 Å². The van der Waals surface area contributed by atoms with E-state index in [0.29, 0.717) is 11.1 Å². The summed E-state index contributed by atoms with van der Waals surface area (Å²) < 4.78 is 2.17. The molecule has 1 fully saturated rings. The Morgan fingerprint density at radius 1 is 0.673 bits per heavy atom. The summed E-state index contributed by atoms with van der Waals surface area (Å²) in [6.07, 6.45) is 14.7. The van der Waals surface area contributed by atoms with Gasteiger partial charge < -0.3 is 9.47 Å². The number of nitrogens with zero attached hydrogens (tertiary/aromatic N) is 5. The summed E-state index contributed by atoms with van der Waals surface area (Å²) in [5.41, 5.74) is 11.3. The van der Waals surface area contributed by atoms with Gasteiger partial charge in [-0.3, -0.25) is 0 Å². The summed E-state index contributed by atoms with van der Waals surface area (Å²) in [5.74, 6) is 0.423. The van der Waals surface area contributed by atoms with E-state index >= 15 is 0 Å². The molecule has 1 saturated carbocycles. The number of benzene rings is 5. The third kappa shape index (κ3) is 4.26. The third-order valence-electron chi connectivity index (χ3n) is 11.6. The summed E-state index contributed by atoms with van der Waals surface area (Å²) >= 11 is 0. The molecular formula is C47H31N5. The highest BCUT2D eigenvalue weighted by molar-refractivity contribution is 6.09. The minimum Gasteiger partial charge on any atom is -0.333 e. The number of fused-ring (bicyclic) bond motifs is 7. The van der Waals surface area contributed by atoms with Crippen molar-refractivity contribution < 1.29 is 0 Å². The lowest BCUT2D eigenvalue weighted by Crippen LogP contribution is -2.29. The van der Waals surface area contributed by atoms with Crippen LogP contribution in [-0.4, -0.2) is 10.6 Å². The van der Waals surface area contributed by atoms with Gasteiger partial charge in [0.25, 0.3) is 0 Å². The second-order valence-corrected chi connectivity index (χ2v) is 14.2. The van der Waals surface area contributed by atoms with Crippen molar-refractivity contribution in [3.05, 3.63) is 173 Å². The minimum absolute atomic E-state index is 0.152. The molecule has 2 heterocycles. The molecule has 244 valence electrons. The highest BCUT2D eigenvalue weighted by Crippen LogP contribution is 2.65. The van der Waals surface area contributed by atoms with Crippen LogP contribution in [0, 0.1) is 45.3 Å². The van der Waals surface area contributed by atoms with Crippen molar-refractivity contribution in [3.8, 4) is 23.9 Å². The fraction of sp³-hybridized carbons (Fsp3) is 0.128. The van der Waals surface area contributed by atoms with Crippen LogP contribution in [0.5, 0.6) is 0 Å². The molecule has 0 bridgehead atoms. The molecule has 10 rings (SSSR count). The van der Waals surface area contributed by atoms with Gasteiger partial charge in [0, 0.05) is 39.3 Å². The lowest BCUT2D eigenvalue weighted by molar-refractivity contribution is 0.732. The van der Waals surface area contributed by atoms with Crippen LogP contribution in [0.3, 0.4) is 0 Å². The summed E-state index contributed by atoms with van der Waals surface area (Å²) in [6, 6.07) is 45.0. The summed E-state index contributed by atoms with van der Waals surface area (Å²) in [5, 5.41) is 33.1. The number of aromatic nitrogens is 1. The Balaban J connectivity index is 1.08. The van der Waals surface area contributed by atoms with Crippen LogP contribution in [0.4, 0.5) is 11.4 Å². The van der Waals surface area contributed by atoms with Crippen LogP contribution in [0.2, 0.25) is 0 Å². The quantitative estimate of drug-likeness (QED) is 0.188. The first-order chi connectivity index (χ1) is 25.6. The third-order valence-corrected chi connectivity index (χ3v) is 11.6. The predicted molar refractivity (Wildman–Crippen MR) is 207 cm³/mol. The molecule has 0 saturated heterocycles. The fourth-order valence-electron chi connectivity index (χ4n) is 9.14. The number of anilines is 2. The number of rotatable bonds is 4. The van der Waals surface area contributed by atoms with Crippen molar-refractivity contribution in [2.45, 2.75) is 24.8 Å². The molecule has 0 spiro atoms. The van der Waals surface area contributed by atoms with Crippen molar-refractivity contribution in [3.63, 3.8) is 0 Å². The molecule has 4 aliphatic rings. The Morgan fingerprint density at radius 3 is 2.33 bits per heavy atom. The van der Waals surface area contributed by atoms with Gasteiger partial charge >= 0.3 is 0 Å². The predicted octanol–water partition coefficient (Wildman–Crippen LogP) is 10.7. The van der Waals surface area contributed by atoms with Crippen LogP contribution in [0.1, 0.15) is 46.6 Å². The van der Waals surface area contributed by atoms with Gasteiger partial charge in [-0.2, -0.15) is 15.8 Å². The Kier molecular flexibility index (Phi) is 6.53. The van der Waals surface area contributed by atoms with Gasteiger partial charge in [-0.15, -0.1) is 0 Å². The molecule has 6 aromatic rings. The monoisotopic (exact) mass is 665 g/mol. The van der Waals surface area contributed by atoms with Crippen molar-refractivity contribution in [1.29, 1.82) is 15.8 Å². The lowest BCUT2D eigenvalue weighted by Gasteiger charge is -2.31. The molecule has 52 heavy (non-hydrogen) atoms. The maximum atomic E-state index is 10.8. The van der Waals surface area contributed by atoms with Gasteiger partial charge in [0.05, 0.1) is 51.8 Å². The number of para-hydroxylation sites is 3. The molecule has 0 amide bonds. The first-order valence-corrected chi connectivity index (χ1v) is 17.8. The minimum atomic E-state index is -0.590. The molecule has 0 radical (unpaired) electrons. The molecule has 1 aromatic heterocycles. The zero-order valence-electron chi connectivity index (χ0n) is 28.2. The van der Waals surface area contributed by atoms with Crippen molar-refractivity contribution in [2.75, 3.05) is 4.90 Å². The zero-order chi connectivity index (χ0) is 35.0. The smallest absolute Gasteiger partial charge is 0.0998 e. The first-order valence-electron chi connectivity index (χ1n) is 17.8. The van der Waals surface area contributed by atoms with E-state index in [0.717, 1.165) is 68.3 Å². The molecular weight excluding hydrogens is 635 g/mol. The Hall–Kier alpha value is -6.87. The number of allylic oxidation sites excluding steroid dienone is 6. The van der Waals surface area contributed by atoms with E-state index in [1.807, 2.05) is 36.4 Å². The zero-order valence-corrected chi connectivity index (χ0v) is 28.2. The highest BCUT2D eigenvalue weighted by atomic mass is 15.2. The Bertz CT molecular complexity index is 2770. The molecule has 5 nitrogen and oxygen atoms in total.